The third kappa shape index (κ3) is 5.54. The summed E-state index contributed by atoms with van der Waals surface area (Å²) < 4.78 is 28.3. The standard InChI is InChI=1S/C12H14F2O4S/c1-7(15)19-6-10(16)11(17)8-3-2-4-9(5-8)18-12(13)14/h2-5,10-12,16-17H,6H2,1H3. The van der Waals surface area contributed by atoms with Crippen molar-refractivity contribution in [2.75, 3.05) is 5.75 Å². The molecule has 1 aromatic carbocycles. The van der Waals surface area contributed by atoms with Gasteiger partial charge in [0, 0.05) is 12.7 Å². The zero-order valence-corrected chi connectivity index (χ0v) is 10.9. The molecule has 0 radical (unpaired) electrons. The zero-order chi connectivity index (χ0) is 14.4. The largest absolute Gasteiger partial charge is 0.435 e. The van der Waals surface area contributed by atoms with Crippen LogP contribution in [0.4, 0.5) is 8.78 Å². The van der Waals surface area contributed by atoms with Crippen molar-refractivity contribution in [2.24, 2.45) is 0 Å². The first-order valence-corrected chi connectivity index (χ1v) is 6.43. The molecular weight excluding hydrogens is 278 g/mol. The fourth-order valence-electron chi connectivity index (χ4n) is 1.39. The van der Waals surface area contributed by atoms with Crippen molar-refractivity contribution in [3.8, 4) is 5.75 Å². The first-order chi connectivity index (χ1) is 8.90. The molecule has 0 heterocycles. The highest BCUT2D eigenvalue weighted by molar-refractivity contribution is 8.13. The monoisotopic (exact) mass is 292 g/mol. The molecule has 7 heteroatoms. The van der Waals surface area contributed by atoms with E-state index in [1.807, 2.05) is 0 Å². The Labute approximate surface area is 113 Å². The molecule has 1 rings (SSSR count). The van der Waals surface area contributed by atoms with Gasteiger partial charge in [0.25, 0.3) is 0 Å². The van der Waals surface area contributed by atoms with Gasteiger partial charge in [0.2, 0.25) is 0 Å². The number of carbonyl (C=O) groups is 1. The molecule has 19 heavy (non-hydrogen) atoms. The molecule has 106 valence electrons. The lowest BCUT2D eigenvalue weighted by Crippen LogP contribution is -2.21. The summed E-state index contributed by atoms with van der Waals surface area (Å²) >= 11 is 0.877. The predicted molar refractivity (Wildman–Crippen MR) is 67.2 cm³/mol. The molecule has 0 aliphatic carbocycles. The van der Waals surface area contributed by atoms with E-state index < -0.39 is 18.8 Å². The molecule has 0 amide bonds. The molecular formula is C12H14F2O4S. The van der Waals surface area contributed by atoms with Crippen LogP contribution in [0.25, 0.3) is 0 Å². The first kappa shape index (κ1) is 15.9. The Hall–Kier alpha value is -1.18. The summed E-state index contributed by atoms with van der Waals surface area (Å²) in [4.78, 5) is 10.7. The SMILES string of the molecule is CC(=O)SCC(O)C(O)c1cccc(OC(F)F)c1. The van der Waals surface area contributed by atoms with E-state index >= 15 is 0 Å². The fourth-order valence-corrected chi connectivity index (χ4v) is 1.98. The Morgan fingerprint density at radius 3 is 2.68 bits per heavy atom. The third-order valence-corrected chi connectivity index (χ3v) is 3.16. The Kier molecular flexibility index (Phi) is 6.20. The molecule has 0 saturated heterocycles. The van der Waals surface area contributed by atoms with Crippen molar-refractivity contribution in [3.63, 3.8) is 0 Å². The van der Waals surface area contributed by atoms with Crippen molar-refractivity contribution in [1.82, 2.24) is 0 Å². The van der Waals surface area contributed by atoms with Crippen LogP contribution in [0.5, 0.6) is 5.75 Å². The smallest absolute Gasteiger partial charge is 0.387 e. The van der Waals surface area contributed by atoms with Gasteiger partial charge in [0.15, 0.2) is 5.12 Å². The fraction of sp³-hybridized carbons (Fsp3) is 0.417. The second-order valence-corrected chi connectivity index (χ2v) is 4.96. The van der Waals surface area contributed by atoms with Gasteiger partial charge in [-0.2, -0.15) is 8.78 Å². The van der Waals surface area contributed by atoms with Crippen molar-refractivity contribution >= 4 is 16.9 Å². The number of benzene rings is 1. The number of aliphatic hydroxyl groups excluding tert-OH is 2. The molecule has 2 N–H and O–H groups in total. The second-order valence-electron chi connectivity index (χ2n) is 3.77. The van der Waals surface area contributed by atoms with Crippen LogP contribution in [-0.4, -0.2) is 33.8 Å². The third-order valence-electron chi connectivity index (χ3n) is 2.25. The summed E-state index contributed by atoms with van der Waals surface area (Å²) in [5, 5.41) is 19.3. The minimum Gasteiger partial charge on any atom is -0.435 e. The van der Waals surface area contributed by atoms with Crippen LogP contribution in [-0.2, 0) is 4.79 Å². The average molecular weight is 292 g/mol. The van der Waals surface area contributed by atoms with Crippen LogP contribution in [0.2, 0.25) is 0 Å². The highest BCUT2D eigenvalue weighted by Gasteiger charge is 2.20. The summed E-state index contributed by atoms with van der Waals surface area (Å²) in [6, 6.07) is 5.45. The van der Waals surface area contributed by atoms with E-state index in [4.69, 9.17) is 0 Å². The molecule has 4 nitrogen and oxygen atoms in total. The zero-order valence-electron chi connectivity index (χ0n) is 10.1. The number of halogens is 2. The number of hydrogen-bond donors (Lipinski definition) is 2. The first-order valence-electron chi connectivity index (χ1n) is 5.44. The van der Waals surface area contributed by atoms with Gasteiger partial charge < -0.3 is 14.9 Å². The molecule has 0 aliphatic heterocycles. The van der Waals surface area contributed by atoms with Crippen LogP contribution in [0.3, 0.4) is 0 Å². The molecule has 2 unspecified atom stereocenters. The van der Waals surface area contributed by atoms with Gasteiger partial charge in [0.05, 0.1) is 6.10 Å². The maximum Gasteiger partial charge on any atom is 0.387 e. The Bertz CT molecular complexity index is 428. The van der Waals surface area contributed by atoms with E-state index in [1.165, 1.54) is 31.2 Å². The summed E-state index contributed by atoms with van der Waals surface area (Å²) in [6.07, 6.45) is -2.44. The lowest BCUT2D eigenvalue weighted by Gasteiger charge is -2.18. The van der Waals surface area contributed by atoms with Crippen molar-refractivity contribution < 1.29 is 28.5 Å². The molecule has 0 bridgehead atoms. The lowest BCUT2D eigenvalue weighted by molar-refractivity contribution is -0.109. The lowest BCUT2D eigenvalue weighted by atomic mass is 10.1. The summed E-state index contributed by atoms with van der Waals surface area (Å²) in [6.45, 7) is -1.61. The second kappa shape index (κ2) is 7.42. The highest BCUT2D eigenvalue weighted by Crippen LogP contribution is 2.24. The average Bonchev–Trinajstić information content (AvgIpc) is 2.34. The summed E-state index contributed by atoms with van der Waals surface area (Å²) in [7, 11) is 0. The summed E-state index contributed by atoms with van der Waals surface area (Å²) in [5.74, 6) is -0.0749. The van der Waals surface area contributed by atoms with E-state index in [0.717, 1.165) is 11.8 Å². The molecule has 0 saturated carbocycles. The molecule has 2 atom stereocenters. The van der Waals surface area contributed by atoms with Gasteiger partial charge in [-0.25, -0.2) is 0 Å². The van der Waals surface area contributed by atoms with Crippen LogP contribution >= 0.6 is 11.8 Å². The Balaban J connectivity index is 2.70. The topological polar surface area (TPSA) is 66.8 Å². The molecule has 1 aromatic rings. The highest BCUT2D eigenvalue weighted by atomic mass is 32.2. The van der Waals surface area contributed by atoms with Gasteiger partial charge in [-0.05, 0) is 17.7 Å². The van der Waals surface area contributed by atoms with E-state index in [9.17, 15) is 23.8 Å². The van der Waals surface area contributed by atoms with Crippen molar-refractivity contribution in [3.05, 3.63) is 29.8 Å². The molecule has 0 aliphatic rings. The summed E-state index contributed by atoms with van der Waals surface area (Å²) in [5.41, 5.74) is 0.245. The van der Waals surface area contributed by atoms with Gasteiger partial charge in [0.1, 0.15) is 11.9 Å². The number of ether oxygens (including phenoxy) is 1. The quantitative estimate of drug-likeness (QED) is 0.839. The van der Waals surface area contributed by atoms with E-state index in [-0.39, 0.29) is 22.2 Å². The molecule has 0 spiro atoms. The number of aliphatic hydroxyl groups is 2. The van der Waals surface area contributed by atoms with E-state index in [0.29, 0.717) is 0 Å². The van der Waals surface area contributed by atoms with Crippen LogP contribution in [0.15, 0.2) is 24.3 Å². The van der Waals surface area contributed by atoms with Crippen LogP contribution < -0.4 is 4.74 Å². The minimum absolute atomic E-state index is 0.0242. The Morgan fingerprint density at radius 1 is 1.42 bits per heavy atom. The maximum absolute atomic E-state index is 12.0. The van der Waals surface area contributed by atoms with Gasteiger partial charge in [-0.1, -0.05) is 23.9 Å². The van der Waals surface area contributed by atoms with Gasteiger partial charge >= 0.3 is 6.61 Å². The van der Waals surface area contributed by atoms with Gasteiger partial charge in [-0.15, -0.1) is 0 Å². The van der Waals surface area contributed by atoms with Gasteiger partial charge in [-0.3, -0.25) is 4.79 Å². The predicted octanol–water partition coefficient (Wildman–Crippen LogP) is 1.96. The van der Waals surface area contributed by atoms with E-state index in [2.05, 4.69) is 4.74 Å². The normalized spacial score (nSPS) is 14.2. The number of hydrogen-bond acceptors (Lipinski definition) is 5. The number of thioether (sulfide) groups is 1. The molecule has 0 aromatic heterocycles. The van der Waals surface area contributed by atoms with Crippen molar-refractivity contribution in [2.45, 2.75) is 25.7 Å². The molecule has 0 fully saturated rings. The van der Waals surface area contributed by atoms with Crippen LogP contribution in [0.1, 0.15) is 18.6 Å². The maximum atomic E-state index is 12.0. The van der Waals surface area contributed by atoms with Crippen LogP contribution in [0, 0.1) is 0 Å². The number of rotatable bonds is 6. The Morgan fingerprint density at radius 2 is 2.11 bits per heavy atom. The number of alkyl halides is 2. The number of carbonyl (C=O) groups excluding carboxylic acids is 1. The van der Waals surface area contributed by atoms with E-state index in [1.54, 1.807) is 0 Å². The van der Waals surface area contributed by atoms with Crippen molar-refractivity contribution in [1.29, 1.82) is 0 Å². The minimum atomic E-state index is -2.95.